The lowest BCUT2D eigenvalue weighted by Crippen LogP contribution is -2.24. The Morgan fingerprint density at radius 3 is 2.39 bits per heavy atom. The lowest BCUT2D eigenvalue weighted by Gasteiger charge is -2.22. The lowest BCUT2D eigenvalue weighted by atomic mass is 10.2. The van der Waals surface area contributed by atoms with Crippen LogP contribution in [0.15, 0.2) is 42.6 Å². The molecule has 0 spiro atoms. The fraction of sp³-hybridized carbons (Fsp3) is 0.455. The zero-order chi connectivity index (χ0) is 19.6. The predicted octanol–water partition coefficient (Wildman–Crippen LogP) is 4.27. The minimum atomic E-state index is -0.0478. The number of hydrogen-bond acceptors (Lipinski definition) is 5. The van der Waals surface area contributed by atoms with Crippen LogP contribution in [0, 0.1) is 0 Å². The van der Waals surface area contributed by atoms with Crippen LogP contribution in [0.25, 0.3) is 0 Å². The van der Waals surface area contributed by atoms with E-state index < -0.39 is 0 Å². The van der Waals surface area contributed by atoms with Crippen molar-refractivity contribution in [2.24, 2.45) is 0 Å². The molecule has 6 heteroatoms. The standard InChI is InChI=1S/C22H29N3O3/c1-27-19-9-11-20(12-10-19)28-16-6-7-22(26)24-21-13-8-18(17-23-21)25-14-4-2-3-5-15-25/h8-13,17H,2-7,14-16H2,1H3,(H,23,24,26). The Hall–Kier alpha value is -2.76. The van der Waals surface area contributed by atoms with Crippen molar-refractivity contribution >= 4 is 17.4 Å². The number of carbonyl (C=O) groups excluding carboxylic acids is 1. The highest BCUT2D eigenvalue weighted by Crippen LogP contribution is 2.20. The third-order valence-corrected chi connectivity index (χ3v) is 4.86. The molecule has 0 saturated carbocycles. The van der Waals surface area contributed by atoms with E-state index >= 15 is 0 Å². The molecule has 0 bridgehead atoms. The van der Waals surface area contributed by atoms with Crippen molar-refractivity contribution in [1.29, 1.82) is 0 Å². The number of pyridine rings is 1. The van der Waals surface area contributed by atoms with E-state index in [2.05, 4.69) is 15.2 Å². The van der Waals surface area contributed by atoms with E-state index in [9.17, 15) is 4.79 Å². The summed E-state index contributed by atoms with van der Waals surface area (Å²) in [6.45, 7) is 2.66. The van der Waals surface area contributed by atoms with Crippen molar-refractivity contribution in [2.45, 2.75) is 38.5 Å². The molecule has 150 valence electrons. The van der Waals surface area contributed by atoms with Crippen LogP contribution in [0.4, 0.5) is 11.5 Å². The van der Waals surface area contributed by atoms with Gasteiger partial charge in [-0.3, -0.25) is 4.79 Å². The van der Waals surface area contributed by atoms with Crippen molar-refractivity contribution in [2.75, 3.05) is 37.0 Å². The van der Waals surface area contributed by atoms with Crippen LogP contribution in [0.1, 0.15) is 38.5 Å². The maximum absolute atomic E-state index is 12.1. The van der Waals surface area contributed by atoms with Gasteiger partial charge in [-0.2, -0.15) is 0 Å². The third kappa shape index (κ3) is 6.15. The molecule has 1 fully saturated rings. The van der Waals surface area contributed by atoms with Crippen molar-refractivity contribution in [1.82, 2.24) is 4.98 Å². The summed E-state index contributed by atoms with van der Waals surface area (Å²) in [5.74, 6) is 2.11. The summed E-state index contributed by atoms with van der Waals surface area (Å²) in [6.07, 6.45) is 7.97. The van der Waals surface area contributed by atoms with Gasteiger partial charge in [0.2, 0.25) is 5.91 Å². The average molecular weight is 383 g/mol. The molecule has 1 N–H and O–H groups in total. The number of carbonyl (C=O) groups is 1. The number of nitrogens with zero attached hydrogens (tertiary/aromatic N) is 2. The van der Waals surface area contributed by atoms with Gasteiger partial charge in [-0.1, -0.05) is 12.8 Å². The molecule has 3 rings (SSSR count). The number of anilines is 2. The first-order valence-electron chi connectivity index (χ1n) is 10.0. The number of hydrogen-bond donors (Lipinski definition) is 1. The molecule has 1 aromatic heterocycles. The summed E-state index contributed by atoms with van der Waals surface area (Å²) in [4.78, 5) is 18.9. The second kappa shape index (κ2) is 10.5. The second-order valence-corrected chi connectivity index (χ2v) is 6.98. The summed E-state index contributed by atoms with van der Waals surface area (Å²) in [6, 6.07) is 11.3. The van der Waals surface area contributed by atoms with Gasteiger partial charge < -0.3 is 19.7 Å². The van der Waals surface area contributed by atoms with Crippen molar-refractivity contribution < 1.29 is 14.3 Å². The Kier molecular flexibility index (Phi) is 7.53. The van der Waals surface area contributed by atoms with Crippen molar-refractivity contribution in [3.8, 4) is 11.5 Å². The maximum atomic E-state index is 12.1. The number of aromatic nitrogens is 1. The van der Waals surface area contributed by atoms with Crippen LogP contribution in [0.2, 0.25) is 0 Å². The van der Waals surface area contributed by atoms with Gasteiger partial charge in [-0.15, -0.1) is 0 Å². The predicted molar refractivity (Wildman–Crippen MR) is 111 cm³/mol. The molecule has 2 heterocycles. The first-order valence-corrected chi connectivity index (χ1v) is 10.0. The first-order chi connectivity index (χ1) is 13.7. The SMILES string of the molecule is COc1ccc(OCCCC(=O)Nc2ccc(N3CCCCCC3)cn2)cc1. The van der Waals surface area contributed by atoms with Crippen LogP contribution in [-0.2, 0) is 4.79 Å². The summed E-state index contributed by atoms with van der Waals surface area (Å²) in [7, 11) is 1.63. The van der Waals surface area contributed by atoms with Gasteiger partial charge >= 0.3 is 0 Å². The Balaban J connectivity index is 1.38. The number of benzene rings is 1. The lowest BCUT2D eigenvalue weighted by molar-refractivity contribution is -0.116. The molecule has 6 nitrogen and oxygen atoms in total. The number of amides is 1. The highest BCUT2D eigenvalue weighted by Gasteiger charge is 2.10. The topological polar surface area (TPSA) is 63.7 Å². The van der Waals surface area contributed by atoms with Crippen LogP contribution < -0.4 is 19.7 Å². The quantitative estimate of drug-likeness (QED) is 0.690. The highest BCUT2D eigenvalue weighted by molar-refractivity contribution is 5.89. The Bertz CT molecular complexity index is 724. The largest absolute Gasteiger partial charge is 0.497 e. The number of rotatable bonds is 8. The molecule has 1 saturated heterocycles. The van der Waals surface area contributed by atoms with Crippen molar-refractivity contribution in [3.63, 3.8) is 0 Å². The number of nitrogens with one attached hydrogen (secondary N) is 1. The molecule has 1 aromatic carbocycles. The molecule has 0 aliphatic carbocycles. The van der Waals surface area contributed by atoms with E-state index in [4.69, 9.17) is 9.47 Å². The van der Waals surface area contributed by atoms with Gasteiger partial charge in [0.25, 0.3) is 0 Å². The molecule has 0 radical (unpaired) electrons. The smallest absolute Gasteiger partial charge is 0.225 e. The minimum Gasteiger partial charge on any atom is -0.497 e. The van der Waals surface area contributed by atoms with Gasteiger partial charge in [0.1, 0.15) is 17.3 Å². The maximum Gasteiger partial charge on any atom is 0.225 e. The van der Waals surface area contributed by atoms with E-state index in [1.165, 1.54) is 25.7 Å². The molecular formula is C22H29N3O3. The summed E-state index contributed by atoms with van der Waals surface area (Å²) >= 11 is 0. The van der Waals surface area contributed by atoms with E-state index in [-0.39, 0.29) is 5.91 Å². The third-order valence-electron chi connectivity index (χ3n) is 4.86. The zero-order valence-corrected chi connectivity index (χ0v) is 16.5. The second-order valence-electron chi connectivity index (χ2n) is 6.98. The molecule has 1 aliphatic rings. The Morgan fingerprint density at radius 1 is 1.04 bits per heavy atom. The Morgan fingerprint density at radius 2 is 1.75 bits per heavy atom. The molecule has 1 aliphatic heterocycles. The molecular weight excluding hydrogens is 354 g/mol. The normalized spacial score (nSPS) is 14.2. The summed E-state index contributed by atoms with van der Waals surface area (Å²) < 4.78 is 10.8. The fourth-order valence-corrected chi connectivity index (χ4v) is 3.28. The summed E-state index contributed by atoms with van der Waals surface area (Å²) in [5, 5.41) is 2.86. The molecule has 2 aromatic rings. The average Bonchev–Trinajstić information content (AvgIpc) is 3.02. The van der Waals surface area contributed by atoms with Crippen molar-refractivity contribution in [3.05, 3.63) is 42.6 Å². The van der Waals surface area contributed by atoms with Crippen LogP contribution in [0.3, 0.4) is 0 Å². The van der Waals surface area contributed by atoms with Gasteiger partial charge in [0.05, 0.1) is 25.6 Å². The van der Waals surface area contributed by atoms with E-state index in [0.29, 0.717) is 25.3 Å². The molecule has 1 amide bonds. The molecule has 28 heavy (non-hydrogen) atoms. The minimum absolute atomic E-state index is 0.0478. The fourth-order valence-electron chi connectivity index (χ4n) is 3.28. The Labute approximate surface area is 166 Å². The van der Waals surface area contributed by atoms with E-state index in [1.54, 1.807) is 7.11 Å². The number of methoxy groups -OCH3 is 1. The highest BCUT2D eigenvalue weighted by atomic mass is 16.5. The van der Waals surface area contributed by atoms with Gasteiger partial charge in [-0.25, -0.2) is 4.98 Å². The van der Waals surface area contributed by atoms with Gasteiger partial charge in [0, 0.05) is 19.5 Å². The number of ether oxygens (including phenoxy) is 2. The molecule has 0 atom stereocenters. The van der Waals surface area contributed by atoms with E-state index in [0.717, 1.165) is 30.3 Å². The van der Waals surface area contributed by atoms with Crippen LogP contribution in [-0.4, -0.2) is 37.7 Å². The van der Waals surface area contributed by atoms with Gasteiger partial charge in [0.15, 0.2) is 0 Å². The van der Waals surface area contributed by atoms with Gasteiger partial charge in [-0.05, 0) is 55.7 Å². The van der Waals surface area contributed by atoms with Crippen LogP contribution in [0.5, 0.6) is 11.5 Å². The van der Waals surface area contributed by atoms with E-state index in [1.807, 2.05) is 42.6 Å². The van der Waals surface area contributed by atoms with Crippen LogP contribution >= 0.6 is 0 Å². The monoisotopic (exact) mass is 383 g/mol. The first kappa shape index (κ1) is 20.0. The molecule has 0 unspecified atom stereocenters. The summed E-state index contributed by atoms with van der Waals surface area (Å²) in [5.41, 5.74) is 1.13. The zero-order valence-electron chi connectivity index (χ0n) is 16.5.